The predicted octanol–water partition coefficient (Wildman–Crippen LogP) is 6.04. The Hall–Kier alpha value is -1.72. The number of nitrogens with one attached hydrogen (secondary N) is 1. The van der Waals surface area contributed by atoms with E-state index in [9.17, 15) is 5.11 Å². The van der Waals surface area contributed by atoms with Crippen LogP contribution in [0.2, 0.25) is 0 Å². The minimum atomic E-state index is -0.542. The van der Waals surface area contributed by atoms with Crippen LogP contribution in [0.1, 0.15) is 43.9 Å². The number of aliphatic hydroxyl groups is 1. The van der Waals surface area contributed by atoms with Crippen molar-refractivity contribution in [3.8, 4) is 0 Å². The van der Waals surface area contributed by atoms with Crippen molar-refractivity contribution in [3.63, 3.8) is 0 Å². The van der Waals surface area contributed by atoms with Gasteiger partial charge in [-0.25, -0.2) is 0 Å². The van der Waals surface area contributed by atoms with Gasteiger partial charge in [0.05, 0.1) is 18.8 Å². The summed E-state index contributed by atoms with van der Waals surface area (Å²) in [6, 6.07) is 23.3. The van der Waals surface area contributed by atoms with Gasteiger partial charge >= 0.3 is 0 Å². The molecule has 3 aromatic carbocycles. The summed E-state index contributed by atoms with van der Waals surface area (Å²) in [7, 11) is 0. The lowest BCUT2D eigenvalue weighted by Crippen LogP contribution is -2.46. The van der Waals surface area contributed by atoms with Crippen LogP contribution in [0.15, 0.2) is 71.2 Å². The highest BCUT2D eigenvalue weighted by atomic mass is 79.9. The molecule has 0 radical (unpaired) electrons. The third kappa shape index (κ3) is 6.17. The number of β-amino-alcohol motifs (C(OH)–C–C–N with tert-alkyl or cyclic N) is 1. The Balaban J connectivity index is 1.29. The van der Waals surface area contributed by atoms with Crippen LogP contribution in [-0.2, 0) is 11.2 Å². The number of aliphatic hydroxyl groups excluding tert-OH is 1. The Morgan fingerprint density at radius 1 is 1.03 bits per heavy atom. The third-order valence-electron chi connectivity index (χ3n) is 6.01. The molecule has 2 atom stereocenters. The van der Waals surface area contributed by atoms with Gasteiger partial charge in [0.2, 0.25) is 0 Å². The zero-order valence-electron chi connectivity index (χ0n) is 18.4. The highest BCUT2D eigenvalue weighted by Gasteiger charge is 2.34. The third-order valence-corrected chi connectivity index (χ3v) is 6.73. The van der Waals surface area contributed by atoms with Gasteiger partial charge in [-0.3, -0.25) is 0 Å². The topological polar surface area (TPSA) is 41.5 Å². The Morgan fingerprint density at radius 3 is 2.48 bits per heavy atom. The predicted molar refractivity (Wildman–Crippen MR) is 131 cm³/mol. The number of hydrogen-bond acceptors (Lipinski definition) is 3. The first-order valence-electron chi connectivity index (χ1n) is 11.2. The first-order chi connectivity index (χ1) is 14.9. The maximum Gasteiger partial charge on any atom is 0.0898 e. The molecule has 1 fully saturated rings. The summed E-state index contributed by atoms with van der Waals surface area (Å²) in [6.45, 7) is 5.21. The van der Waals surface area contributed by atoms with Crippen molar-refractivity contribution >= 4 is 26.7 Å². The van der Waals surface area contributed by atoms with E-state index >= 15 is 0 Å². The van der Waals surface area contributed by atoms with Crippen LogP contribution in [0.4, 0.5) is 0 Å². The van der Waals surface area contributed by atoms with Gasteiger partial charge < -0.3 is 15.2 Å². The molecule has 4 heteroatoms. The van der Waals surface area contributed by atoms with Gasteiger partial charge in [-0.1, -0.05) is 76.6 Å². The summed E-state index contributed by atoms with van der Waals surface area (Å²) >= 11 is 3.65. The van der Waals surface area contributed by atoms with Crippen molar-refractivity contribution in [2.45, 2.75) is 50.9 Å². The number of rotatable bonds is 10. The van der Waals surface area contributed by atoms with Gasteiger partial charge in [0.15, 0.2) is 0 Å². The zero-order chi connectivity index (χ0) is 21.8. The SMILES string of the molecule is CC(C)(Cc1ccc2ccccc2c1)NCC(O)COC(c1ccccc1Br)C1CC1. The van der Waals surface area contributed by atoms with Crippen molar-refractivity contribution in [1.29, 1.82) is 0 Å². The lowest BCUT2D eigenvalue weighted by molar-refractivity contribution is -0.0214. The highest BCUT2D eigenvalue weighted by Crippen LogP contribution is 2.45. The zero-order valence-corrected chi connectivity index (χ0v) is 19.9. The molecule has 0 spiro atoms. The molecule has 1 aliphatic rings. The molecule has 0 aliphatic heterocycles. The summed E-state index contributed by atoms with van der Waals surface area (Å²) in [6.07, 6.45) is 2.79. The molecule has 164 valence electrons. The molecule has 2 N–H and O–H groups in total. The van der Waals surface area contributed by atoms with Crippen LogP contribution in [0.3, 0.4) is 0 Å². The van der Waals surface area contributed by atoms with Gasteiger partial charge in [0.1, 0.15) is 0 Å². The van der Waals surface area contributed by atoms with Crippen molar-refractivity contribution in [3.05, 3.63) is 82.3 Å². The first-order valence-corrected chi connectivity index (χ1v) is 12.0. The summed E-state index contributed by atoms with van der Waals surface area (Å²) in [5, 5.41) is 16.7. The molecule has 4 rings (SSSR count). The van der Waals surface area contributed by atoms with E-state index in [-0.39, 0.29) is 11.6 Å². The lowest BCUT2D eigenvalue weighted by atomic mass is 9.93. The van der Waals surface area contributed by atoms with E-state index in [4.69, 9.17) is 4.74 Å². The van der Waals surface area contributed by atoms with Gasteiger partial charge in [-0.2, -0.15) is 0 Å². The second-order valence-electron chi connectivity index (χ2n) is 9.39. The minimum Gasteiger partial charge on any atom is -0.389 e. The van der Waals surface area contributed by atoms with Crippen LogP contribution < -0.4 is 5.32 Å². The fraction of sp³-hybridized carbons (Fsp3) is 0.407. The average molecular weight is 482 g/mol. The van der Waals surface area contributed by atoms with Crippen molar-refractivity contribution < 1.29 is 9.84 Å². The van der Waals surface area contributed by atoms with E-state index < -0.39 is 6.10 Å². The van der Waals surface area contributed by atoms with Crippen LogP contribution in [0.25, 0.3) is 10.8 Å². The molecule has 3 aromatic rings. The molecule has 0 bridgehead atoms. The van der Waals surface area contributed by atoms with Crippen molar-refractivity contribution in [2.75, 3.05) is 13.2 Å². The smallest absolute Gasteiger partial charge is 0.0898 e. The van der Waals surface area contributed by atoms with Gasteiger partial charge in [-0.05, 0) is 67.0 Å². The van der Waals surface area contributed by atoms with Crippen LogP contribution >= 0.6 is 15.9 Å². The van der Waals surface area contributed by atoms with Gasteiger partial charge in [-0.15, -0.1) is 0 Å². The van der Waals surface area contributed by atoms with E-state index in [1.165, 1.54) is 34.7 Å². The van der Waals surface area contributed by atoms with Crippen molar-refractivity contribution in [2.24, 2.45) is 5.92 Å². The molecule has 0 amide bonds. The fourth-order valence-electron chi connectivity index (χ4n) is 4.17. The summed E-state index contributed by atoms with van der Waals surface area (Å²) in [5.74, 6) is 0.559. The standard InChI is InChI=1S/C27H32BrNO2/c1-27(2,16-19-11-12-20-7-3-4-8-22(20)15-19)29-17-23(30)18-31-26(21-13-14-21)24-9-5-6-10-25(24)28/h3-12,15,21,23,26,29-30H,13-14,16-18H2,1-2H3. The van der Waals surface area contributed by atoms with Crippen LogP contribution in [0.5, 0.6) is 0 Å². The molecule has 1 aliphatic carbocycles. The second kappa shape index (κ2) is 9.83. The Kier molecular flexibility index (Phi) is 7.12. The van der Waals surface area contributed by atoms with E-state index in [1.54, 1.807) is 0 Å². The van der Waals surface area contributed by atoms with Gasteiger partial charge in [0, 0.05) is 16.6 Å². The van der Waals surface area contributed by atoms with Crippen LogP contribution in [-0.4, -0.2) is 29.9 Å². The van der Waals surface area contributed by atoms with Crippen molar-refractivity contribution in [1.82, 2.24) is 5.32 Å². The number of fused-ring (bicyclic) bond motifs is 1. The average Bonchev–Trinajstić information content (AvgIpc) is 3.59. The number of hydrogen-bond donors (Lipinski definition) is 2. The molecule has 2 unspecified atom stereocenters. The Bertz CT molecular complexity index is 1010. The van der Waals surface area contributed by atoms with E-state index in [2.05, 4.69) is 89.7 Å². The van der Waals surface area contributed by atoms with Gasteiger partial charge in [0.25, 0.3) is 0 Å². The summed E-state index contributed by atoms with van der Waals surface area (Å²) < 4.78 is 7.29. The highest BCUT2D eigenvalue weighted by molar-refractivity contribution is 9.10. The normalized spacial score (nSPS) is 16.4. The molecular weight excluding hydrogens is 450 g/mol. The lowest BCUT2D eigenvalue weighted by Gasteiger charge is -2.29. The molecule has 0 heterocycles. The number of ether oxygens (including phenoxy) is 1. The molecule has 3 nitrogen and oxygen atoms in total. The maximum atomic E-state index is 10.6. The first kappa shape index (κ1) is 22.5. The maximum absolute atomic E-state index is 10.6. The minimum absolute atomic E-state index is 0.0517. The monoisotopic (exact) mass is 481 g/mol. The van der Waals surface area contributed by atoms with E-state index in [0.717, 1.165) is 10.9 Å². The fourth-order valence-corrected chi connectivity index (χ4v) is 4.68. The summed E-state index contributed by atoms with van der Waals surface area (Å²) in [5.41, 5.74) is 2.35. The Morgan fingerprint density at radius 2 is 1.74 bits per heavy atom. The van der Waals surface area contributed by atoms with E-state index in [0.29, 0.717) is 19.1 Å². The number of halogens is 1. The quantitative estimate of drug-likeness (QED) is 0.370. The molecular formula is C27H32BrNO2. The largest absolute Gasteiger partial charge is 0.389 e. The Labute approximate surface area is 194 Å². The van der Waals surface area contributed by atoms with Crippen LogP contribution in [0, 0.1) is 5.92 Å². The molecule has 31 heavy (non-hydrogen) atoms. The molecule has 0 saturated heterocycles. The summed E-state index contributed by atoms with van der Waals surface area (Å²) in [4.78, 5) is 0. The second-order valence-corrected chi connectivity index (χ2v) is 10.2. The molecule has 1 saturated carbocycles. The van der Waals surface area contributed by atoms with E-state index in [1.807, 2.05) is 12.1 Å². The molecule has 0 aromatic heterocycles. The number of benzene rings is 3.